The third kappa shape index (κ3) is 4.32. The molecule has 3 aliphatic rings. The van der Waals surface area contributed by atoms with Gasteiger partial charge < -0.3 is 9.32 Å². The first-order valence-electron chi connectivity index (χ1n) is 21.0. The van der Waals surface area contributed by atoms with E-state index in [-0.39, 0.29) is 5.41 Å². The summed E-state index contributed by atoms with van der Waals surface area (Å²) in [6, 6.07) is 74.2. The fourth-order valence-corrected chi connectivity index (χ4v) is 11.3. The van der Waals surface area contributed by atoms with Crippen molar-refractivity contribution in [3.05, 3.63) is 234 Å². The predicted octanol–water partition coefficient (Wildman–Crippen LogP) is 15.4. The van der Waals surface area contributed by atoms with Crippen molar-refractivity contribution >= 4 is 39.0 Å². The molecule has 282 valence electrons. The molecule has 0 aliphatic heterocycles. The van der Waals surface area contributed by atoms with Crippen molar-refractivity contribution in [3.8, 4) is 44.5 Å². The maximum absolute atomic E-state index is 6.51. The van der Waals surface area contributed by atoms with E-state index in [1.165, 1.54) is 77.9 Å². The van der Waals surface area contributed by atoms with Gasteiger partial charge in [0.05, 0.1) is 16.5 Å². The lowest BCUT2D eigenvalue weighted by Gasteiger charge is -2.32. The minimum atomic E-state index is -0.444. The molecule has 3 aliphatic carbocycles. The standard InChI is InChI=1S/C58H39NO/c1-57(2)47-19-8-3-14-40(47)44-32-28-37(34-51(44)57)36-26-29-38(30-27-36)59(53-23-13-25-55-56(53)46-18-7-12-24-54(46)60-55)39-31-33-45-43-17-6-11-22-50(43)58(52(45)35-39)48-20-9-4-15-41(48)42-16-5-10-21-49(42)58/h3-35H,1-2H3. The second-order valence-corrected chi connectivity index (χ2v) is 17.2. The lowest BCUT2D eigenvalue weighted by Crippen LogP contribution is -2.26. The van der Waals surface area contributed by atoms with Gasteiger partial charge in [0.2, 0.25) is 0 Å². The van der Waals surface area contributed by atoms with E-state index >= 15 is 0 Å². The topological polar surface area (TPSA) is 16.4 Å². The molecule has 0 fully saturated rings. The number of fused-ring (bicyclic) bond motifs is 16. The Morgan fingerprint density at radius 3 is 1.55 bits per heavy atom. The van der Waals surface area contributed by atoms with Gasteiger partial charge in [-0.15, -0.1) is 0 Å². The molecule has 60 heavy (non-hydrogen) atoms. The molecular weight excluding hydrogens is 727 g/mol. The van der Waals surface area contributed by atoms with Gasteiger partial charge in [-0.2, -0.15) is 0 Å². The molecule has 1 spiro atoms. The molecule has 0 N–H and O–H groups in total. The first kappa shape index (κ1) is 33.5. The maximum atomic E-state index is 6.51. The number of hydrogen-bond donors (Lipinski definition) is 0. The molecular formula is C58H39NO. The Morgan fingerprint density at radius 1 is 0.367 bits per heavy atom. The van der Waals surface area contributed by atoms with Gasteiger partial charge in [0.1, 0.15) is 11.2 Å². The van der Waals surface area contributed by atoms with Gasteiger partial charge in [-0.1, -0.05) is 166 Å². The van der Waals surface area contributed by atoms with Crippen LogP contribution in [-0.2, 0) is 10.8 Å². The van der Waals surface area contributed by atoms with Crippen LogP contribution in [0.5, 0.6) is 0 Å². The van der Waals surface area contributed by atoms with Crippen LogP contribution in [-0.4, -0.2) is 0 Å². The molecule has 0 atom stereocenters. The van der Waals surface area contributed by atoms with Gasteiger partial charge in [-0.25, -0.2) is 0 Å². The first-order chi connectivity index (χ1) is 29.5. The summed E-state index contributed by atoms with van der Waals surface area (Å²) in [6.07, 6.45) is 0. The van der Waals surface area contributed by atoms with Crippen molar-refractivity contribution in [1.82, 2.24) is 0 Å². The van der Waals surface area contributed by atoms with E-state index in [2.05, 4.69) is 219 Å². The van der Waals surface area contributed by atoms with Crippen molar-refractivity contribution in [2.24, 2.45) is 0 Å². The number of hydrogen-bond acceptors (Lipinski definition) is 2. The lowest BCUT2D eigenvalue weighted by atomic mass is 9.70. The van der Waals surface area contributed by atoms with Crippen molar-refractivity contribution < 1.29 is 4.42 Å². The summed E-state index contributed by atoms with van der Waals surface area (Å²) in [4.78, 5) is 2.44. The highest BCUT2D eigenvalue weighted by Crippen LogP contribution is 2.63. The number of anilines is 3. The van der Waals surface area contributed by atoms with E-state index < -0.39 is 5.41 Å². The second kappa shape index (κ2) is 12.1. The van der Waals surface area contributed by atoms with Gasteiger partial charge in [0.25, 0.3) is 0 Å². The zero-order valence-corrected chi connectivity index (χ0v) is 33.4. The normalized spacial score (nSPS) is 14.4. The quantitative estimate of drug-likeness (QED) is 0.177. The summed E-state index contributed by atoms with van der Waals surface area (Å²) < 4.78 is 6.51. The van der Waals surface area contributed by atoms with Crippen LogP contribution in [0.15, 0.2) is 205 Å². The molecule has 1 aromatic heterocycles. The van der Waals surface area contributed by atoms with Crippen molar-refractivity contribution in [2.75, 3.05) is 4.90 Å². The summed E-state index contributed by atoms with van der Waals surface area (Å²) in [5, 5.41) is 2.21. The Balaban J connectivity index is 1.02. The third-order valence-corrected chi connectivity index (χ3v) is 13.9. The molecule has 2 nitrogen and oxygen atoms in total. The monoisotopic (exact) mass is 765 g/mol. The average Bonchev–Trinajstić information content (AvgIpc) is 3.99. The van der Waals surface area contributed by atoms with Gasteiger partial charge in [-0.3, -0.25) is 0 Å². The SMILES string of the molecule is CC1(C)c2ccccc2-c2ccc(-c3ccc(N(c4ccc5c(c4)C4(c6ccccc6-c6ccccc64)c4ccccc4-5)c4cccc5oc6ccccc6c45)cc3)cc21. The summed E-state index contributed by atoms with van der Waals surface area (Å²) in [6.45, 7) is 4.70. The van der Waals surface area contributed by atoms with E-state index in [4.69, 9.17) is 4.42 Å². The second-order valence-electron chi connectivity index (χ2n) is 17.2. The largest absolute Gasteiger partial charge is 0.456 e. The van der Waals surface area contributed by atoms with Crippen LogP contribution in [0.3, 0.4) is 0 Å². The van der Waals surface area contributed by atoms with Crippen LogP contribution in [0.25, 0.3) is 66.4 Å². The van der Waals surface area contributed by atoms with Gasteiger partial charge in [0.15, 0.2) is 0 Å². The van der Waals surface area contributed by atoms with Gasteiger partial charge in [-0.05, 0) is 126 Å². The van der Waals surface area contributed by atoms with Crippen LogP contribution in [0, 0.1) is 0 Å². The molecule has 9 aromatic carbocycles. The lowest BCUT2D eigenvalue weighted by molar-refractivity contribution is 0.660. The van der Waals surface area contributed by atoms with E-state index in [1.54, 1.807) is 0 Å². The molecule has 0 radical (unpaired) electrons. The highest BCUT2D eigenvalue weighted by Gasteiger charge is 2.51. The zero-order valence-electron chi connectivity index (χ0n) is 33.4. The van der Waals surface area contributed by atoms with Crippen LogP contribution in [0.2, 0.25) is 0 Å². The number of nitrogens with zero attached hydrogens (tertiary/aromatic N) is 1. The first-order valence-corrected chi connectivity index (χ1v) is 21.0. The van der Waals surface area contributed by atoms with Crippen LogP contribution < -0.4 is 4.90 Å². The van der Waals surface area contributed by atoms with Gasteiger partial charge >= 0.3 is 0 Å². The fraction of sp³-hybridized carbons (Fsp3) is 0.0690. The van der Waals surface area contributed by atoms with Crippen LogP contribution in [0.1, 0.15) is 47.2 Å². The smallest absolute Gasteiger partial charge is 0.137 e. The van der Waals surface area contributed by atoms with E-state index in [0.29, 0.717) is 0 Å². The highest BCUT2D eigenvalue weighted by molar-refractivity contribution is 6.13. The summed E-state index contributed by atoms with van der Waals surface area (Å²) in [5.74, 6) is 0. The van der Waals surface area contributed by atoms with E-state index in [0.717, 1.165) is 39.0 Å². The van der Waals surface area contributed by atoms with Crippen molar-refractivity contribution in [2.45, 2.75) is 24.7 Å². The summed E-state index contributed by atoms with van der Waals surface area (Å²) in [7, 11) is 0. The van der Waals surface area contributed by atoms with Crippen LogP contribution in [0.4, 0.5) is 17.1 Å². The Morgan fingerprint density at radius 2 is 0.867 bits per heavy atom. The number of furan rings is 1. The fourth-order valence-electron chi connectivity index (χ4n) is 11.3. The molecule has 0 saturated carbocycles. The Bertz CT molecular complexity index is 3360. The Labute approximate surface area is 349 Å². The third-order valence-electron chi connectivity index (χ3n) is 13.9. The summed E-state index contributed by atoms with van der Waals surface area (Å²) in [5.41, 5.74) is 23.0. The molecule has 1 heterocycles. The predicted molar refractivity (Wildman–Crippen MR) is 248 cm³/mol. The van der Waals surface area contributed by atoms with Crippen molar-refractivity contribution in [3.63, 3.8) is 0 Å². The van der Waals surface area contributed by atoms with Gasteiger partial charge in [0, 0.05) is 22.2 Å². The molecule has 0 bridgehead atoms. The van der Waals surface area contributed by atoms with E-state index in [1.807, 2.05) is 0 Å². The minimum absolute atomic E-state index is 0.0599. The zero-order chi connectivity index (χ0) is 39.7. The summed E-state index contributed by atoms with van der Waals surface area (Å²) >= 11 is 0. The molecule has 0 amide bonds. The number of benzene rings is 9. The molecule has 13 rings (SSSR count). The molecule has 0 unspecified atom stereocenters. The molecule has 0 saturated heterocycles. The van der Waals surface area contributed by atoms with Crippen molar-refractivity contribution in [1.29, 1.82) is 0 Å². The Kier molecular flexibility index (Phi) is 6.74. The molecule has 10 aromatic rings. The van der Waals surface area contributed by atoms with Crippen LogP contribution >= 0.6 is 0 Å². The molecule has 2 heteroatoms. The minimum Gasteiger partial charge on any atom is -0.456 e. The van der Waals surface area contributed by atoms with E-state index in [9.17, 15) is 0 Å². The highest BCUT2D eigenvalue weighted by atomic mass is 16.3. The number of para-hydroxylation sites is 1. The maximum Gasteiger partial charge on any atom is 0.137 e. The average molecular weight is 766 g/mol. The number of rotatable bonds is 4. The Hall–Kier alpha value is -7.42.